The fourth-order valence-electron chi connectivity index (χ4n) is 3.46. The van der Waals surface area contributed by atoms with E-state index in [4.69, 9.17) is 14.2 Å². The standard InChI is InChI=1S/C26H34O3S/c1-4-6-8-9-10-22-15-18-25(30-22)24-17-16-23(26(27-3)29-24)20-11-13-21(14-12-20)28-19-7-5-2/h11-18,26H,4-10,19H2,1-3H3. The Balaban J connectivity index is 1.67. The van der Waals surface area contributed by atoms with Crippen molar-refractivity contribution < 1.29 is 14.2 Å². The van der Waals surface area contributed by atoms with Crippen LogP contribution in [0, 0.1) is 0 Å². The summed E-state index contributed by atoms with van der Waals surface area (Å²) < 4.78 is 17.6. The van der Waals surface area contributed by atoms with E-state index < -0.39 is 6.29 Å². The normalized spacial score (nSPS) is 16.0. The molecule has 1 aromatic heterocycles. The van der Waals surface area contributed by atoms with Crippen molar-refractivity contribution in [3.8, 4) is 5.75 Å². The molecule has 0 N–H and O–H groups in total. The Morgan fingerprint density at radius 3 is 2.43 bits per heavy atom. The van der Waals surface area contributed by atoms with Crippen LogP contribution in [0.25, 0.3) is 11.3 Å². The molecule has 0 fully saturated rings. The van der Waals surface area contributed by atoms with Gasteiger partial charge in [-0.05, 0) is 61.2 Å². The van der Waals surface area contributed by atoms with Gasteiger partial charge in [0, 0.05) is 17.6 Å². The summed E-state index contributed by atoms with van der Waals surface area (Å²) >= 11 is 1.82. The number of thiophene rings is 1. The predicted molar refractivity (Wildman–Crippen MR) is 127 cm³/mol. The van der Waals surface area contributed by atoms with Crippen molar-refractivity contribution in [2.24, 2.45) is 0 Å². The zero-order chi connectivity index (χ0) is 21.2. The minimum absolute atomic E-state index is 0.410. The first-order valence-electron chi connectivity index (χ1n) is 11.2. The number of unbranched alkanes of at least 4 members (excludes halogenated alkanes) is 4. The van der Waals surface area contributed by atoms with Crippen LogP contribution < -0.4 is 4.74 Å². The lowest BCUT2D eigenvalue weighted by molar-refractivity contribution is -0.0281. The number of benzene rings is 1. The first kappa shape index (κ1) is 22.6. The number of methoxy groups -OCH3 is 1. The average Bonchev–Trinajstić information content (AvgIpc) is 3.26. The van der Waals surface area contributed by atoms with Gasteiger partial charge in [0.25, 0.3) is 0 Å². The Hall–Kier alpha value is -2.04. The van der Waals surface area contributed by atoms with Crippen LogP contribution >= 0.6 is 11.3 Å². The minimum atomic E-state index is -0.410. The third kappa shape index (κ3) is 6.23. The summed E-state index contributed by atoms with van der Waals surface area (Å²) in [5.74, 6) is 1.79. The quantitative estimate of drug-likeness (QED) is 0.329. The molecule has 0 radical (unpaired) electrons. The van der Waals surface area contributed by atoms with Crippen LogP contribution in [-0.4, -0.2) is 20.0 Å². The van der Waals surface area contributed by atoms with Crippen LogP contribution in [0.2, 0.25) is 0 Å². The van der Waals surface area contributed by atoms with E-state index in [9.17, 15) is 0 Å². The van der Waals surface area contributed by atoms with Gasteiger partial charge in [0.2, 0.25) is 6.29 Å². The SMILES string of the molecule is CCCCCCc1ccc(C2=CC=C(c3ccc(OCCCC)cc3)C(OC)O2)s1. The summed E-state index contributed by atoms with van der Waals surface area (Å²) in [5, 5.41) is 0. The molecule has 1 aliphatic heterocycles. The molecule has 4 heteroatoms. The summed E-state index contributed by atoms with van der Waals surface area (Å²) in [7, 11) is 1.69. The van der Waals surface area contributed by atoms with E-state index in [1.165, 1.54) is 30.6 Å². The topological polar surface area (TPSA) is 27.7 Å². The summed E-state index contributed by atoms with van der Waals surface area (Å²) in [5.41, 5.74) is 2.11. The third-order valence-corrected chi connectivity index (χ3v) is 6.41. The molecule has 0 spiro atoms. The number of ether oxygens (including phenoxy) is 3. The molecule has 1 atom stereocenters. The van der Waals surface area contributed by atoms with Crippen LogP contribution in [0.15, 0.2) is 48.6 Å². The third-order valence-electron chi connectivity index (χ3n) is 5.25. The first-order valence-corrected chi connectivity index (χ1v) is 12.0. The van der Waals surface area contributed by atoms with Gasteiger partial charge in [0.1, 0.15) is 11.5 Å². The summed E-state index contributed by atoms with van der Waals surface area (Å²) in [4.78, 5) is 2.59. The molecular weight excluding hydrogens is 392 g/mol. The highest BCUT2D eigenvalue weighted by Crippen LogP contribution is 2.35. The van der Waals surface area contributed by atoms with Gasteiger partial charge >= 0.3 is 0 Å². The molecule has 0 saturated heterocycles. The molecule has 0 amide bonds. The van der Waals surface area contributed by atoms with Gasteiger partial charge in [-0.25, -0.2) is 0 Å². The van der Waals surface area contributed by atoms with Crippen molar-refractivity contribution in [2.75, 3.05) is 13.7 Å². The molecule has 162 valence electrons. The Labute approximate surface area is 185 Å². The molecule has 3 rings (SSSR count). The largest absolute Gasteiger partial charge is 0.494 e. The molecule has 0 aliphatic carbocycles. The van der Waals surface area contributed by atoms with E-state index in [0.717, 1.165) is 53.4 Å². The fraction of sp³-hybridized carbons (Fsp3) is 0.462. The van der Waals surface area contributed by atoms with Crippen molar-refractivity contribution in [1.82, 2.24) is 0 Å². The van der Waals surface area contributed by atoms with Crippen molar-refractivity contribution in [2.45, 2.75) is 65.1 Å². The van der Waals surface area contributed by atoms with Crippen molar-refractivity contribution >= 4 is 22.7 Å². The van der Waals surface area contributed by atoms with Crippen LogP contribution in [0.5, 0.6) is 5.75 Å². The Kier molecular flexibility index (Phi) is 9.03. The molecular formula is C26H34O3S. The van der Waals surface area contributed by atoms with E-state index in [2.05, 4.69) is 50.3 Å². The Morgan fingerprint density at radius 1 is 0.900 bits per heavy atom. The lowest BCUT2D eigenvalue weighted by Crippen LogP contribution is -2.19. The van der Waals surface area contributed by atoms with E-state index in [0.29, 0.717) is 0 Å². The number of rotatable bonds is 12. The Morgan fingerprint density at radius 2 is 1.70 bits per heavy atom. The van der Waals surface area contributed by atoms with E-state index in [1.54, 1.807) is 7.11 Å². The maximum absolute atomic E-state index is 6.20. The Bertz CT molecular complexity index is 832. The van der Waals surface area contributed by atoms with E-state index in [1.807, 2.05) is 23.5 Å². The maximum atomic E-state index is 6.20. The van der Waals surface area contributed by atoms with E-state index in [-0.39, 0.29) is 0 Å². The van der Waals surface area contributed by atoms with E-state index >= 15 is 0 Å². The molecule has 0 bridgehead atoms. The molecule has 2 heterocycles. The van der Waals surface area contributed by atoms with Gasteiger partial charge in [-0.2, -0.15) is 0 Å². The highest BCUT2D eigenvalue weighted by molar-refractivity contribution is 7.13. The van der Waals surface area contributed by atoms with Crippen LogP contribution in [0.3, 0.4) is 0 Å². The zero-order valence-electron chi connectivity index (χ0n) is 18.5. The molecule has 0 saturated carbocycles. The molecule has 1 unspecified atom stereocenters. The smallest absolute Gasteiger partial charge is 0.227 e. The number of aryl methyl sites for hydroxylation is 1. The van der Waals surface area contributed by atoms with Gasteiger partial charge in [0.15, 0.2) is 0 Å². The second kappa shape index (κ2) is 12.0. The van der Waals surface area contributed by atoms with Gasteiger partial charge in [-0.3, -0.25) is 0 Å². The molecule has 2 aromatic rings. The van der Waals surface area contributed by atoms with Crippen molar-refractivity contribution in [1.29, 1.82) is 0 Å². The highest BCUT2D eigenvalue weighted by atomic mass is 32.1. The minimum Gasteiger partial charge on any atom is -0.494 e. The van der Waals surface area contributed by atoms with Gasteiger partial charge in [-0.1, -0.05) is 51.7 Å². The number of allylic oxidation sites excluding steroid dienone is 2. The fourth-order valence-corrected chi connectivity index (χ4v) is 4.48. The maximum Gasteiger partial charge on any atom is 0.227 e. The zero-order valence-corrected chi connectivity index (χ0v) is 19.3. The lowest BCUT2D eigenvalue weighted by atomic mass is 10.0. The van der Waals surface area contributed by atoms with Gasteiger partial charge in [-0.15, -0.1) is 11.3 Å². The van der Waals surface area contributed by atoms with Gasteiger partial charge < -0.3 is 14.2 Å². The predicted octanol–water partition coefficient (Wildman–Crippen LogP) is 7.48. The monoisotopic (exact) mass is 426 g/mol. The second-order valence-corrected chi connectivity index (χ2v) is 8.81. The molecule has 30 heavy (non-hydrogen) atoms. The van der Waals surface area contributed by atoms with Crippen LogP contribution in [0.4, 0.5) is 0 Å². The van der Waals surface area contributed by atoms with Crippen LogP contribution in [-0.2, 0) is 15.9 Å². The molecule has 1 aromatic carbocycles. The number of hydrogen-bond acceptors (Lipinski definition) is 4. The van der Waals surface area contributed by atoms with Crippen LogP contribution in [0.1, 0.15) is 67.7 Å². The first-order chi connectivity index (χ1) is 14.7. The lowest BCUT2D eigenvalue weighted by Gasteiger charge is -2.25. The highest BCUT2D eigenvalue weighted by Gasteiger charge is 2.23. The molecule has 3 nitrogen and oxygen atoms in total. The second-order valence-electron chi connectivity index (χ2n) is 7.64. The van der Waals surface area contributed by atoms with Crippen molar-refractivity contribution in [3.05, 3.63) is 63.9 Å². The van der Waals surface area contributed by atoms with Gasteiger partial charge in [0.05, 0.1) is 11.5 Å². The molecule has 1 aliphatic rings. The summed E-state index contributed by atoms with van der Waals surface area (Å²) in [6.45, 7) is 5.18. The average molecular weight is 427 g/mol. The summed E-state index contributed by atoms with van der Waals surface area (Å²) in [6, 6.07) is 12.6. The summed E-state index contributed by atoms with van der Waals surface area (Å²) in [6.07, 6.45) is 12.3. The number of hydrogen-bond donors (Lipinski definition) is 0. The van der Waals surface area contributed by atoms with Crippen molar-refractivity contribution in [3.63, 3.8) is 0 Å².